The summed E-state index contributed by atoms with van der Waals surface area (Å²) in [6.45, 7) is 6.60. The van der Waals surface area contributed by atoms with Crippen LogP contribution >= 0.6 is 11.6 Å². The first-order valence-electron chi connectivity index (χ1n) is 7.90. The number of hydrogen-bond acceptors (Lipinski definition) is 3. The van der Waals surface area contributed by atoms with Gasteiger partial charge < -0.3 is 9.15 Å². The van der Waals surface area contributed by atoms with Crippen molar-refractivity contribution in [2.24, 2.45) is 0 Å². The zero-order chi connectivity index (χ0) is 17.3. The number of aryl methyl sites for hydroxylation is 1. The van der Waals surface area contributed by atoms with E-state index in [1.807, 2.05) is 12.1 Å². The van der Waals surface area contributed by atoms with E-state index in [0.29, 0.717) is 23.9 Å². The van der Waals surface area contributed by atoms with Gasteiger partial charge in [-0.25, -0.2) is 4.79 Å². The quantitative estimate of drug-likeness (QED) is 0.591. The minimum atomic E-state index is -0.525. The summed E-state index contributed by atoms with van der Waals surface area (Å²) in [7, 11) is 0. The zero-order valence-electron chi connectivity index (χ0n) is 13.9. The Kier molecular flexibility index (Phi) is 4.63. The molecule has 0 amide bonds. The molecule has 3 aromatic rings. The normalized spacial score (nSPS) is 11.2. The van der Waals surface area contributed by atoms with Crippen LogP contribution in [0.4, 0.5) is 0 Å². The Hall–Kier alpha value is -2.26. The highest BCUT2D eigenvalue weighted by molar-refractivity contribution is 6.31. The number of ether oxygens (including phenoxy) is 1. The number of fused-ring (bicyclic) bond motifs is 1. The molecule has 0 spiro atoms. The average Bonchev–Trinajstić information content (AvgIpc) is 2.58. The van der Waals surface area contributed by atoms with Gasteiger partial charge in [0.05, 0.1) is 0 Å². The van der Waals surface area contributed by atoms with Crippen molar-refractivity contribution in [3.8, 4) is 5.75 Å². The van der Waals surface area contributed by atoms with Gasteiger partial charge in [-0.3, -0.25) is 0 Å². The van der Waals surface area contributed by atoms with Crippen molar-refractivity contribution >= 4 is 22.6 Å². The summed E-state index contributed by atoms with van der Waals surface area (Å²) in [5.74, 6) is 1.17. The molecule has 0 fully saturated rings. The van der Waals surface area contributed by atoms with Gasteiger partial charge in [0.25, 0.3) is 0 Å². The zero-order valence-corrected chi connectivity index (χ0v) is 14.7. The second-order valence-corrected chi connectivity index (χ2v) is 6.55. The van der Waals surface area contributed by atoms with Crippen LogP contribution in [0.15, 0.2) is 51.7 Å². The Balaban J connectivity index is 1.80. The number of benzene rings is 2. The summed E-state index contributed by atoms with van der Waals surface area (Å²) >= 11 is 5.94. The molecule has 0 atom stereocenters. The minimum absolute atomic E-state index is 0.126. The Morgan fingerprint density at radius 2 is 1.83 bits per heavy atom. The van der Waals surface area contributed by atoms with Crippen LogP contribution in [0.1, 0.15) is 36.5 Å². The van der Waals surface area contributed by atoms with Gasteiger partial charge in [0, 0.05) is 11.5 Å². The van der Waals surface area contributed by atoms with Gasteiger partial charge in [0.15, 0.2) is 0 Å². The van der Waals surface area contributed by atoms with Crippen LogP contribution in [0.2, 0.25) is 5.02 Å². The molecule has 3 nitrogen and oxygen atoms in total. The number of hydrogen-bond donors (Lipinski definition) is 0. The van der Waals surface area contributed by atoms with Gasteiger partial charge in [0.2, 0.25) is 0 Å². The van der Waals surface area contributed by atoms with Gasteiger partial charge in [-0.1, -0.05) is 49.7 Å². The molecule has 4 heteroatoms. The summed E-state index contributed by atoms with van der Waals surface area (Å²) < 4.78 is 11.1. The number of rotatable bonds is 4. The van der Waals surface area contributed by atoms with Gasteiger partial charge in [-0.15, -0.1) is 0 Å². The van der Waals surface area contributed by atoms with E-state index in [2.05, 4.69) is 38.1 Å². The molecule has 24 heavy (non-hydrogen) atoms. The molecule has 0 aliphatic rings. The first-order chi connectivity index (χ1) is 11.5. The highest BCUT2D eigenvalue weighted by Gasteiger charge is 2.10. The lowest BCUT2D eigenvalue weighted by Gasteiger charge is -2.10. The van der Waals surface area contributed by atoms with E-state index < -0.39 is 5.63 Å². The van der Waals surface area contributed by atoms with Crippen LogP contribution < -0.4 is 10.4 Å². The lowest BCUT2D eigenvalue weighted by atomic mass is 10.0. The van der Waals surface area contributed by atoms with E-state index in [0.717, 1.165) is 16.5 Å². The largest absolute Gasteiger partial charge is 0.489 e. The van der Waals surface area contributed by atoms with Crippen LogP contribution in [0.5, 0.6) is 5.75 Å². The maximum absolute atomic E-state index is 11.7. The smallest absolute Gasteiger partial charge is 0.355 e. The highest BCUT2D eigenvalue weighted by Crippen LogP contribution is 2.26. The Labute approximate surface area is 145 Å². The molecule has 124 valence electrons. The molecule has 1 heterocycles. The van der Waals surface area contributed by atoms with Crippen molar-refractivity contribution in [1.29, 1.82) is 0 Å². The third-order valence-electron chi connectivity index (χ3n) is 4.12. The monoisotopic (exact) mass is 342 g/mol. The predicted octanol–water partition coefficient (Wildman–Crippen LogP) is 5.46. The SMILES string of the molecule is Cc1c(Cl)c(=O)oc2cc(OCc3ccc(C(C)C)cc3)ccc12. The van der Waals surface area contributed by atoms with Crippen LogP contribution in [-0.4, -0.2) is 0 Å². The first-order valence-corrected chi connectivity index (χ1v) is 8.28. The van der Waals surface area contributed by atoms with E-state index in [9.17, 15) is 4.79 Å². The lowest BCUT2D eigenvalue weighted by Crippen LogP contribution is -2.02. The van der Waals surface area contributed by atoms with Crippen molar-refractivity contribution in [3.63, 3.8) is 0 Å². The van der Waals surface area contributed by atoms with Gasteiger partial charge in [0.1, 0.15) is 23.0 Å². The molecule has 0 saturated heterocycles. The van der Waals surface area contributed by atoms with Crippen molar-refractivity contribution in [3.05, 3.63) is 74.6 Å². The third kappa shape index (κ3) is 3.31. The first kappa shape index (κ1) is 16.6. The van der Waals surface area contributed by atoms with Crippen LogP contribution in [0.3, 0.4) is 0 Å². The van der Waals surface area contributed by atoms with Crippen LogP contribution in [0.25, 0.3) is 11.0 Å². The lowest BCUT2D eigenvalue weighted by molar-refractivity contribution is 0.306. The summed E-state index contributed by atoms with van der Waals surface area (Å²) in [6.07, 6.45) is 0. The highest BCUT2D eigenvalue weighted by atomic mass is 35.5. The standard InChI is InChI=1S/C20H19ClO3/c1-12(2)15-6-4-14(5-7-15)11-23-16-8-9-17-13(3)19(21)20(22)24-18(17)10-16/h4-10,12H,11H2,1-3H3. The fourth-order valence-electron chi connectivity index (χ4n) is 2.57. The molecule has 0 bridgehead atoms. The van der Waals surface area contributed by atoms with E-state index in [1.165, 1.54) is 5.56 Å². The van der Waals surface area contributed by atoms with Crippen molar-refractivity contribution < 1.29 is 9.15 Å². The second-order valence-electron chi connectivity index (χ2n) is 6.17. The predicted molar refractivity (Wildman–Crippen MR) is 97.1 cm³/mol. The maximum Gasteiger partial charge on any atom is 0.355 e. The Morgan fingerprint density at radius 3 is 2.50 bits per heavy atom. The second kappa shape index (κ2) is 6.70. The molecule has 0 saturated carbocycles. The molecular weight excluding hydrogens is 324 g/mol. The fraction of sp³-hybridized carbons (Fsp3) is 0.250. The summed E-state index contributed by atoms with van der Waals surface area (Å²) in [5, 5.41) is 0.939. The molecular formula is C20H19ClO3. The molecule has 0 radical (unpaired) electrons. The third-order valence-corrected chi connectivity index (χ3v) is 4.56. The van der Waals surface area contributed by atoms with E-state index in [4.69, 9.17) is 20.8 Å². The Morgan fingerprint density at radius 1 is 1.12 bits per heavy atom. The van der Waals surface area contributed by atoms with Gasteiger partial charge in [-0.05, 0) is 41.7 Å². The fourth-order valence-corrected chi connectivity index (χ4v) is 2.71. The molecule has 1 aromatic heterocycles. The van der Waals surface area contributed by atoms with E-state index in [-0.39, 0.29) is 5.02 Å². The summed E-state index contributed by atoms with van der Waals surface area (Å²) in [6, 6.07) is 13.8. The summed E-state index contributed by atoms with van der Waals surface area (Å²) in [5.41, 5.74) is 3.07. The molecule has 2 aromatic carbocycles. The van der Waals surface area contributed by atoms with Crippen molar-refractivity contribution in [2.45, 2.75) is 33.3 Å². The van der Waals surface area contributed by atoms with Crippen molar-refractivity contribution in [2.75, 3.05) is 0 Å². The summed E-state index contributed by atoms with van der Waals surface area (Å²) in [4.78, 5) is 11.7. The molecule has 0 N–H and O–H groups in total. The average molecular weight is 343 g/mol. The topological polar surface area (TPSA) is 39.4 Å². The number of halogens is 1. The molecule has 0 aliphatic carbocycles. The molecule has 3 rings (SSSR count). The Bertz CT molecular complexity index is 924. The molecule has 0 unspecified atom stereocenters. The van der Waals surface area contributed by atoms with Crippen LogP contribution in [-0.2, 0) is 6.61 Å². The molecule has 0 aliphatic heterocycles. The van der Waals surface area contributed by atoms with Gasteiger partial charge >= 0.3 is 5.63 Å². The van der Waals surface area contributed by atoms with Crippen molar-refractivity contribution in [1.82, 2.24) is 0 Å². The minimum Gasteiger partial charge on any atom is -0.489 e. The maximum atomic E-state index is 11.7. The van der Waals surface area contributed by atoms with Crippen LogP contribution in [0, 0.1) is 6.92 Å². The van der Waals surface area contributed by atoms with E-state index >= 15 is 0 Å². The van der Waals surface area contributed by atoms with E-state index in [1.54, 1.807) is 13.0 Å². The van der Waals surface area contributed by atoms with Gasteiger partial charge in [-0.2, -0.15) is 0 Å².